The van der Waals surface area contributed by atoms with Gasteiger partial charge < -0.3 is 9.30 Å². The summed E-state index contributed by atoms with van der Waals surface area (Å²) in [7, 11) is 1.68. The zero-order valence-corrected chi connectivity index (χ0v) is 17.7. The molecule has 1 aromatic heterocycles. The van der Waals surface area contributed by atoms with Crippen LogP contribution in [0.2, 0.25) is 0 Å². The van der Waals surface area contributed by atoms with Crippen LogP contribution in [0.4, 0.5) is 0 Å². The van der Waals surface area contributed by atoms with E-state index in [-0.39, 0.29) is 16.9 Å². The van der Waals surface area contributed by atoms with Gasteiger partial charge in [-0.2, -0.15) is 0 Å². The molecule has 0 amide bonds. The summed E-state index contributed by atoms with van der Waals surface area (Å²) in [5.41, 5.74) is 12.3. The monoisotopic (exact) mass is 393 g/mol. The van der Waals surface area contributed by atoms with Crippen molar-refractivity contribution in [3.63, 3.8) is 0 Å². The second-order valence-corrected chi connectivity index (χ2v) is 9.97. The van der Waals surface area contributed by atoms with Crippen molar-refractivity contribution in [1.82, 2.24) is 9.55 Å². The van der Waals surface area contributed by atoms with E-state index in [4.69, 9.17) is 10.3 Å². The average molecular weight is 394 g/mol. The van der Waals surface area contributed by atoms with Crippen molar-refractivity contribution >= 4 is 5.70 Å². The minimum atomic E-state index is 0.153. The molecule has 154 valence electrons. The highest BCUT2D eigenvalue weighted by molar-refractivity contribution is 5.57. The summed E-state index contributed by atoms with van der Waals surface area (Å²) in [6, 6.07) is 0.153. The number of ether oxygens (including phenoxy) is 1. The van der Waals surface area contributed by atoms with Crippen LogP contribution in [0.5, 0.6) is 5.88 Å². The van der Waals surface area contributed by atoms with Gasteiger partial charge in [0.15, 0.2) is 0 Å². The molecule has 0 bridgehead atoms. The third-order valence-corrected chi connectivity index (χ3v) is 8.88. The predicted molar refractivity (Wildman–Crippen MR) is 113 cm³/mol. The lowest BCUT2D eigenvalue weighted by atomic mass is 9.47. The second-order valence-electron chi connectivity index (χ2n) is 9.97. The van der Waals surface area contributed by atoms with Crippen molar-refractivity contribution in [3.05, 3.63) is 40.7 Å². The highest BCUT2D eigenvalue weighted by atomic mass is 16.5. The zero-order valence-electron chi connectivity index (χ0n) is 17.7. The Balaban J connectivity index is 1.43. The summed E-state index contributed by atoms with van der Waals surface area (Å²) >= 11 is 0. The zero-order chi connectivity index (χ0) is 20.2. The van der Waals surface area contributed by atoms with E-state index in [1.54, 1.807) is 12.7 Å². The number of nitrogens with zero attached hydrogens (tertiary/aromatic N) is 5. The van der Waals surface area contributed by atoms with E-state index in [1.807, 2.05) is 12.5 Å². The Morgan fingerprint density at radius 2 is 2.00 bits per heavy atom. The molecular formula is C23H31N5O. The first-order valence-corrected chi connectivity index (χ1v) is 11.0. The number of hydrogen-bond acceptors (Lipinski definition) is 3. The molecule has 3 unspecified atom stereocenters. The fraction of sp³-hybridized carbons (Fsp3) is 0.696. The standard InChI is InChI=1S/C23H31N5O/c1-22-10-8-16(26-27-24)12-15(22)4-5-17-18-6-7-20(23(18,2)11-9-19(17)22)28-13-21(29-3)25-14-28/h4,7,13-14,16-19H,5-6,8-12H2,1-3H3/t16-,17?,18?,19?,22-,23-/m0/s1. The molecular weight excluding hydrogens is 362 g/mol. The summed E-state index contributed by atoms with van der Waals surface area (Å²) in [4.78, 5) is 7.45. The van der Waals surface area contributed by atoms with E-state index >= 15 is 0 Å². The number of aromatic nitrogens is 2. The molecule has 0 N–H and O–H groups in total. The van der Waals surface area contributed by atoms with Crippen LogP contribution in [-0.4, -0.2) is 22.7 Å². The van der Waals surface area contributed by atoms with Crippen LogP contribution in [-0.2, 0) is 0 Å². The third-order valence-electron chi connectivity index (χ3n) is 8.88. The molecule has 4 aliphatic carbocycles. The highest BCUT2D eigenvalue weighted by Gasteiger charge is 2.57. The molecule has 4 aliphatic rings. The normalized spacial score (nSPS) is 40.7. The quantitative estimate of drug-likeness (QED) is 0.274. The Bertz CT molecular complexity index is 925. The van der Waals surface area contributed by atoms with Gasteiger partial charge in [-0.15, -0.1) is 0 Å². The molecule has 6 nitrogen and oxygen atoms in total. The van der Waals surface area contributed by atoms with Crippen molar-refractivity contribution in [2.75, 3.05) is 7.11 Å². The SMILES string of the molecule is COc1cn(C2=CCC3C4CC=C5C[C@@H](N=[N+]=[N-])CC[C@]5(C)C4CC[C@]23C)cn1. The lowest BCUT2D eigenvalue weighted by Gasteiger charge is -2.57. The number of methoxy groups -OCH3 is 1. The van der Waals surface area contributed by atoms with Gasteiger partial charge in [0.2, 0.25) is 5.88 Å². The van der Waals surface area contributed by atoms with Gasteiger partial charge in [-0.3, -0.25) is 0 Å². The van der Waals surface area contributed by atoms with Crippen molar-refractivity contribution in [2.24, 2.45) is 33.7 Å². The molecule has 6 heteroatoms. The molecule has 0 aliphatic heterocycles. The molecule has 29 heavy (non-hydrogen) atoms. The van der Waals surface area contributed by atoms with E-state index in [2.05, 4.69) is 45.6 Å². The van der Waals surface area contributed by atoms with E-state index in [0.29, 0.717) is 11.8 Å². The van der Waals surface area contributed by atoms with Crippen LogP contribution >= 0.6 is 0 Å². The predicted octanol–water partition coefficient (Wildman–Crippen LogP) is 5.98. The van der Waals surface area contributed by atoms with Crippen LogP contribution in [0, 0.1) is 28.6 Å². The molecule has 0 saturated heterocycles. The maximum atomic E-state index is 8.85. The number of rotatable bonds is 3. The molecule has 0 radical (unpaired) electrons. The highest BCUT2D eigenvalue weighted by Crippen LogP contribution is 2.65. The minimum absolute atomic E-state index is 0.153. The molecule has 1 aromatic rings. The molecule has 5 rings (SSSR count). The van der Waals surface area contributed by atoms with Crippen molar-refractivity contribution in [1.29, 1.82) is 0 Å². The Hall–Kier alpha value is -2.20. The fourth-order valence-corrected chi connectivity index (χ4v) is 7.30. The average Bonchev–Trinajstić information content (AvgIpc) is 3.32. The Labute approximate surface area is 172 Å². The lowest BCUT2D eigenvalue weighted by Crippen LogP contribution is -2.49. The fourth-order valence-electron chi connectivity index (χ4n) is 7.30. The van der Waals surface area contributed by atoms with Gasteiger partial charge in [0, 0.05) is 22.1 Å². The number of imidazole rings is 1. The van der Waals surface area contributed by atoms with Gasteiger partial charge in [0.1, 0.15) is 6.33 Å². The molecule has 1 heterocycles. The Morgan fingerprint density at radius 3 is 2.76 bits per heavy atom. The first kappa shape index (κ1) is 18.8. The van der Waals surface area contributed by atoms with Crippen molar-refractivity contribution in [3.8, 4) is 5.88 Å². The van der Waals surface area contributed by atoms with E-state index in [9.17, 15) is 0 Å². The minimum Gasteiger partial charge on any atom is -0.480 e. The first-order valence-electron chi connectivity index (χ1n) is 11.0. The van der Waals surface area contributed by atoms with Gasteiger partial charge in [0.05, 0.1) is 13.3 Å². The van der Waals surface area contributed by atoms with Crippen LogP contribution in [0.1, 0.15) is 58.8 Å². The van der Waals surface area contributed by atoms with E-state index in [0.717, 1.165) is 37.5 Å². The number of fused-ring (bicyclic) bond motifs is 5. The van der Waals surface area contributed by atoms with Gasteiger partial charge >= 0.3 is 0 Å². The topological polar surface area (TPSA) is 75.8 Å². The van der Waals surface area contributed by atoms with Crippen LogP contribution < -0.4 is 4.74 Å². The number of azide groups is 1. The van der Waals surface area contributed by atoms with Crippen LogP contribution in [0.25, 0.3) is 16.1 Å². The third kappa shape index (κ3) is 2.68. The summed E-state index contributed by atoms with van der Waals surface area (Å²) in [5, 5.41) is 4.04. The summed E-state index contributed by atoms with van der Waals surface area (Å²) in [6.45, 7) is 4.97. The number of hydrogen-bond donors (Lipinski definition) is 0. The van der Waals surface area contributed by atoms with Crippen LogP contribution in [0.3, 0.4) is 0 Å². The van der Waals surface area contributed by atoms with Crippen LogP contribution in [0.15, 0.2) is 35.4 Å². The molecule has 0 spiro atoms. The number of allylic oxidation sites excluding steroid dienone is 3. The van der Waals surface area contributed by atoms with Gasteiger partial charge in [0.25, 0.3) is 0 Å². The van der Waals surface area contributed by atoms with Gasteiger partial charge in [-0.1, -0.05) is 36.7 Å². The summed E-state index contributed by atoms with van der Waals surface area (Å²) < 4.78 is 7.50. The second kappa shape index (κ2) is 6.66. The first-order chi connectivity index (χ1) is 14.0. The summed E-state index contributed by atoms with van der Waals surface area (Å²) in [5.74, 6) is 2.85. The largest absolute Gasteiger partial charge is 0.480 e. The molecule has 2 saturated carbocycles. The van der Waals surface area contributed by atoms with Crippen molar-refractivity contribution in [2.45, 2.75) is 64.8 Å². The Morgan fingerprint density at radius 1 is 1.17 bits per heavy atom. The molecule has 0 aromatic carbocycles. The summed E-state index contributed by atoms with van der Waals surface area (Å²) in [6.07, 6.45) is 16.9. The lowest BCUT2D eigenvalue weighted by molar-refractivity contribution is -0.0127. The van der Waals surface area contributed by atoms with Gasteiger partial charge in [-0.05, 0) is 73.6 Å². The van der Waals surface area contributed by atoms with E-state index in [1.165, 1.54) is 25.0 Å². The Kier molecular flexibility index (Phi) is 4.32. The maximum absolute atomic E-state index is 8.85. The molecule has 6 atom stereocenters. The maximum Gasteiger partial charge on any atom is 0.231 e. The van der Waals surface area contributed by atoms with Crippen molar-refractivity contribution < 1.29 is 4.74 Å². The van der Waals surface area contributed by atoms with Gasteiger partial charge in [-0.25, -0.2) is 4.98 Å². The van der Waals surface area contributed by atoms with E-state index < -0.39 is 0 Å². The smallest absolute Gasteiger partial charge is 0.231 e. The molecule has 2 fully saturated rings.